The summed E-state index contributed by atoms with van der Waals surface area (Å²) in [6.45, 7) is 4.41. The summed E-state index contributed by atoms with van der Waals surface area (Å²) in [4.78, 5) is 31.5. The second-order valence-corrected chi connectivity index (χ2v) is 5.64. The van der Waals surface area contributed by atoms with Gasteiger partial charge in [-0.25, -0.2) is 9.97 Å². The second kappa shape index (κ2) is 9.36. The molecule has 132 valence electrons. The van der Waals surface area contributed by atoms with Crippen LogP contribution in [0, 0.1) is 0 Å². The molecule has 2 aromatic rings. The molecular formula is C18H23N5O2. The molecule has 0 unspecified atom stereocenters. The molecule has 0 aliphatic heterocycles. The van der Waals surface area contributed by atoms with Gasteiger partial charge in [0.05, 0.1) is 5.56 Å². The van der Waals surface area contributed by atoms with Crippen LogP contribution < -0.4 is 16.0 Å². The smallest absolute Gasteiger partial charge is 0.258 e. The maximum Gasteiger partial charge on any atom is 0.258 e. The molecule has 0 aliphatic rings. The Labute approximate surface area is 147 Å². The molecule has 0 bridgehead atoms. The molecule has 0 spiro atoms. The van der Waals surface area contributed by atoms with Gasteiger partial charge in [0.25, 0.3) is 5.91 Å². The fourth-order valence-electron chi connectivity index (χ4n) is 2.16. The van der Waals surface area contributed by atoms with Crippen molar-refractivity contribution >= 4 is 29.1 Å². The van der Waals surface area contributed by atoms with Gasteiger partial charge >= 0.3 is 0 Å². The minimum Gasteiger partial charge on any atom is -0.354 e. The Bertz CT molecular complexity index is 698. The highest BCUT2D eigenvalue weighted by molar-refractivity contribution is 6.04. The van der Waals surface area contributed by atoms with E-state index in [-0.39, 0.29) is 11.8 Å². The van der Waals surface area contributed by atoms with Crippen molar-refractivity contribution in [2.75, 3.05) is 22.5 Å². The van der Waals surface area contributed by atoms with Crippen molar-refractivity contribution in [1.82, 2.24) is 9.97 Å². The van der Waals surface area contributed by atoms with Crippen LogP contribution in [0.4, 0.5) is 17.3 Å². The Hall–Kier alpha value is -2.96. The van der Waals surface area contributed by atoms with E-state index in [1.54, 1.807) is 24.3 Å². The molecular weight excluding hydrogens is 318 g/mol. The number of aromatic nitrogens is 2. The van der Waals surface area contributed by atoms with E-state index < -0.39 is 0 Å². The third-order valence-corrected chi connectivity index (χ3v) is 3.44. The molecule has 1 heterocycles. The Balaban J connectivity index is 1.88. The normalized spacial score (nSPS) is 10.2. The number of anilines is 3. The van der Waals surface area contributed by atoms with Crippen molar-refractivity contribution < 1.29 is 9.59 Å². The Morgan fingerprint density at radius 3 is 2.12 bits per heavy atom. The lowest BCUT2D eigenvalue weighted by atomic mass is 10.2. The molecule has 3 N–H and O–H groups in total. The molecule has 2 rings (SSSR count). The number of rotatable bonds is 8. The van der Waals surface area contributed by atoms with Crippen LogP contribution in [0.2, 0.25) is 0 Å². The van der Waals surface area contributed by atoms with Crippen LogP contribution in [0.1, 0.15) is 43.5 Å². The molecule has 0 atom stereocenters. The second-order valence-electron chi connectivity index (χ2n) is 5.64. The highest BCUT2D eigenvalue weighted by atomic mass is 16.2. The zero-order valence-electron chi connectivity index (χ0n) is 14.5. The Morgan fingerprint density at radius 1 is 0.960 bits per heavy atom. The van der Waals surface area contributed by atoms with Crippen molar-refractivity contribution in [2.24, 2.45) is 0 Å². The van der Waals surface area contributed by atoms with Crippen LogP contribution in [-0.4, -0.2) is 28.3 Å². The highest BCUT2D eigenvalue weighted by Crippen LogP contribution is 2.14. The third-order valence-electron chi connectivity index (χ3n) is 3.44. The summed E-state index contributed by atoms with van der Waals surface area (Å²) < 4.78 is 0. The van der Waals surface area contributed by atoms with Gasteiger partial charge in [0, 0.05) is 37.2 Å². The zero-order chi connectivity index (χ0) is 18.1. The maximum absolute atomic E-state index is 12.2. The molecule has 7 heteroatoms. The molecule has 0 aliphatic carbocycles. The van der Waals surface area contributed by atoms with Crippen LogP contribution in [0.3, 0.4) is 0 Å². The molecule has 1 aromatic heterocycles. The van der Waals surface area contributed by atoms with Crippen molar-refractivity contribution in [2.45, 2.75) is 33.1 Å². The van der Waals surface area contributed by atoms with Crippen LogP contribution >= 0.6 is 0 Å². The van der Waals surface area contributed by atoms with Gasteiger partial charge in [0.1, 0.15) is 0 Å². The van der Waals surface area contributed by atoms with Crippen LogP contribution in [0.15, 0.2) is 36.7 Å². The average molecular weight is 341 g/mol. The molecule has 1 aromatic carbocycles. The predicted molar refractivity (Wildman–Crippen MR) is 98.7 cm³/mol. The van der Waals surface area contributed by atoms with Gasteiger partial charge in [-0.2, -0.15) is 0 Å². The molecule has 0 saturated heterocycles. The number of benzene rings is 1. The van der Waals surface area contributed by atoms with E-state index in [1.165, 1.54) is 19.3 Å². The van der Waals surface area contributed by atoms with Crippen molar-refractivity contribution in [3.05, 3.63) is 42.2 Å². The number of unbranched alkanes of at least 4 members (excludes halogenated alkanes) is 2. The van der Waals surface area contributed by atoms with E-state index in [1.807, 2.05) is 0 Å². The lowest BCUT2D eigenvalue weighted by molar-refractivity contribution is -0.114. The Morgan fingerprint density at radius 2 is 1.56 bits per heavy atom. The molecule has 0 saturated carbocycles. The fraction of sp³-hybridized carbons (Fsp3) is 0.333. The van der Waals surface area contributed by atoms with Gasteiger partial charge in [-0.15, -0.1) is 0 Å². The number of carbonyl (C=O) groups excluding carboxylic acids is 2. The molecule has 0 fully saturated rings. The standard InChI is InChI=1S/C18H23N5O2/c1-3-4-5-10-19-18-20-11-14(12-21-18)17(25)23-16-8-6-15(7-9-16)22-13(2)24/h6-9,11-12H,3-5,10H2,1-2H3,(H,22,24)(H,23,25)(H,19,20,21). The maximum atomic E-state index is 12.2. The van der Waals surface area contributed by atoms with Crippen LogP contribution in [0.25, 0.3) is 0 Å². The van der Waals surface area contributed by atoms with Crippen molar-refractivity contribution in [1.29, 1.82) is 0 Å². The van der Waals surface area contributed by atoms with Crippen LogP contribution in [0.5, 0.6) is 0 Å². The van der Waals surface area contributed by atoms with Gasteiger partial charge in [-0.1, -0.05) is 19.8 Å². The minimum absolute atomic E-state index is 0.141. The van der Waals surface area contributed by atoms with E-state index in [9.17, 15) is 9.59 Å². The van der Waals surface area contributed by atoms with Gasteiger partial charge < -0.3 is 16.0 Å². The number of carbonyl (C=O) groups is 2. The molecule has 7 nitrogen and oxygen atoms in total. The summed E-state index contributed by atoms with van der Waals surface area (Å²) in [5, 5.41) is 8.56. The summed E-state index contributed by atoms with van der Waals surface area (Å²) in [6, 6.07) is 6.87. The first-order chi connectivity index (χ1) is 12.1. The lowest BCUT2D eigenvalue weighted by Crippen LogP contribution is -2.14. The van der Waals surface area contributed by atoms with Gasteiger partial charge in [0.15, 0.2) is 0 Å². The molecule has 2 amide bonds. The van der Waals surface area contributed by atoms with Crippen molar-refractivity contribution in [3.8, 4) is 0 Å². The number of hydrogen-bond acceptors (Lipinski definition) is 5. The van der Waals surface area contributed by atoms with E-state index in [2.05, 4.69) is 32.8 Å². The molecule has 25 heavy (non-hydrogen) atoms. The summed E-state index contributed by atoms with van der Waals surface area (Å²) in [7, 11) is 0. The largest absolute Gasteiger partial charge is 0.354 e. The van der Waals surface area contributed by atoms with Gasteiger partial charge in [-0.05, 0) is 30.7 Å². The van der Waals surface area contributed by atoms with Crippen molar-refractivity contribution in [3.63, 3.8) is 0 Å². The number of nitrogens with zero attached hydrogens (tertiary/aromatic N) is 2. The summed E-state index contributed by atoms with van der Waals surface area (Å²) in [6.07, 6.45) is 6.38. The Kier molecular flexibility index (Phi) is 6.88. The number of hydrogen-bond donors (Lipinski definition) is 3. The van der Waals surface area contributed by atoms with E-state index >= 15 is 0 Å². The van der Waals surface area contributed by atoms with Gasteiger partial charge in [-0.3, -0.25) is 9.59 Å². The van der Waals surface area contributed by atoms with E-state index in [0.29, 0.717) is 22.9 Å². The van der Waals surface area contributed by atoms with Crippen LogP contribution in [-0.2, 0) is 4.79 Å². The summed E-state index contributed by atoms with van der Waals surface area (Å²) in [5.41, 5.74) is 1.68. The SMILES string of the molecule is CCCCCNc1ncc(C(=O)Nc2ccc(NC(C)=O)cc2)cn1. The highest BCUT2D eigenvalue weighted by Gasteiger charge is 2.08. The first-order valence-corrected chi connectivity index (χ1v) is 8.33. The van der Waals surface area contributed by atoms with E-state index in [4.69, 9.17) is 0 Å². The third kappa shape index (κ3) is 6.21. The monoisotopic (exact) mass is 341 g/mol. The molecule has 0 radical (unpaired) electrons. The topological polar surface area (TPSA) is 96.0 Å². The number of amides is 2. The average Bonchev–Trinajstić information content (AvgIpc) is 2.60. The zero-order valence-corrected chi connectivity index (χ0v) is 14.5. The summed E-state index contributed by atoms with van der Waals surface area (Å²) >= 11 is 0. The quantitative estimate of drug-likeness (QED) is 0.640. The van der Waals surface area contributed by atoms with E-state index in [0.717, 1.165) is 25.8 Å². The summed E-state index contributed by atoms with van der Waals surface area (Å²) in [5.74, 6) is 0.0921. The van der Waals surface area contributed by atoms with Gasteiger partial charge in [0.2, 0.25) is 11.9 Å². The number of nitrogens with one attached hydrogen (secondary N) is 3. The first kappa shape index (κ1) is 18.4. The fourth-order valence-corrected chi connectivity index (χ4v) is 2.16. The lowest BCUT2D eigenvalue weighted by Gasteiger charge is -2.08. The first-order valence-electron chi connectivity index (χ1n) is 8.33. The predicted octanol–water partition coefficient (Wildman–Crippen LogP) is 3.29. The minimum atomic E-state index is -0.287.